The van der Waals surface area contributed by atoms with Crippen LogP contribution in [0.25, 0.3) is 0 Å². The molecule has 2 fully saturated rings. The molecule has 0 spiro atoms. The SMILES string of the molecule is Cc1ncsc1C(=O)N1CSCC1C(=O)N1CCSCC1. The van der Waals surface area contributed by atoms with Crippen LogP contribution in [0.3, 0.4) is 0 Å². The topological polar surface area (TPSA) is 53.5 Å². The largest absolute Gasteiger partial charge is 0.339 e. The second-order valence-corrected chi connectivity index (χ2v) is 8.07. The van der Waals surface area contributed by atoms with Crippen molar-refractivity contribution in [3.63, 3.8) is 0 Å². The van der Waals surface area contributed by atoms with Crippen molar-refractivity contribution in [3.8, 4) is 0 Å². The van der Waals surface area contributed by atoms with Crippen LogP contribution in [0.2, 0.25) is 0 Å². The second kappa shape index (κ2) is 6.58. The number of thioether (sulfide) groups is 2. The van der Waals surface area contributed by atoms with Crippen molar-refractivity contribution in [2.24, 2.45) is 0 Å². The fourth-order valence-corrected chi connectivity index (χ4v) is 5.29. The first-order chi connectivity index (χ1) is 10.2. The Morgan fingerprint density at radius 2 is 2.05 bits per heavy atom. The van der Waals surface area contributed by atoms with E-state index in [4.69, 9.17) is 0 Å². The summed E-state index contributed by atoms with van der Waals surface area (Å²) in [6, 6.07) is -0.313. The van der Waals surface area contributed by atoms with Gasteiger partial charge in [0.05, 0.1) is 17.1 Å². The molecule has 3 rings (SSSR count). The zero-order chi connectivity index (χ0) is 14.8. The van der Waals surface area contributed by atoms with Gasteiger partial charge in [-0.05, 0) is 6.92 Å². The molecule has 1 atom stereocenters. The Hall–Kier alpha value is -0.730. The molecule has 0 aliphatic carbocycles. The molecular formula is C13H17N3O2S3. The van der Waals surface area contributed by atoms with Crippen LogP contribution in [-0.2, 0) is 4.79 Å². The van der Waals surface area contributed by atoms with Crippen LogP contribution in [0.4, 0.5) is 0 Å². The number of thiazole rings is 1. The van der Waals surface area contributed by atoms with Crippen molar-refractivity contribution < 1.29 is 9.59 Å². The van der Waals surface area contributed by atoms with E-state index < -0.39 is 0 Å². The van der Waals surface area contributed by atoms with Gasteiger partial charge in [0.25, 0.3) is 5.91 Å². The lowest BCUT2D eigenvalue weighted by atomic mass is 10.2. The Morgan fingerprint density at radius 1 is 1.29 bits per heavy atom. The molecule has 2 aliphatic rings. The van der Waals surface area contributed by atoms with Crippen LogP contribution in [0.5, 0.6) is 0 Å². The van der Waals surface area contributed by atoms with Gasteiger partial charge >= 0.3 is 0 Å². The highest BCUT2D eigenvalue weighted by atomic mass is 32.2. The lowest BCUT2D eigenvalue weighted by Crippen LogP contribution is -2.51. The molecule has 0 bridgehead atoms. The summed E-state index contributed by atoms with van der Waals surface area (Å²) in [6.07, 6.45) is 0. The van der Waals surface area contributed by atoms with Crippen LogP contribution in [0.1, 0.15) is 15.4 Å². The number of amides is 2. The molecule has 1 aromatic heterocycles. The van der Waals surface area contributed by atoms with E-state index in [1.54, 1.807) is 22.2 Å². The van der Waals surface area contributed by atoms with Gasteiger partial charge in [-0.1, -0.05) is 0 Å². The molecule has 2 amide bonds. The minimum atomic E-state index is -0.313. The van der Waals surface area contributed by atoms with Gasteiger partial charge in [-0.2, -0.15) is 11.8 Å². The van der Waals surface area contributed by atoms with E-state index >= 15 is 0 Å². The predicted molar refractivity (Wildman–Crippen MR) is 88.0 cm³/mol. The Morgan fingerprint density at radius 3 is 2.71 bits per heavy atom. The summed E-state index contributed by atoms with van der Waals surface area (Å²) < 4.78 is 0. The molecule has 2 aliphatic heterocycles. The molecule has 0 N–H and O–H groups in total. The third kappa shape index (κ3) is 3.07. The molecule has 0 radical (unpaired) electrons. The first kappa shape index (κ1) is 15.2. The number of aromatic nitrogens is 1. The highest BCUT2D eigenvalue weighted by molar-refractivity contribution is 7.99. The maximum Gasteiger partial charge on any atom is 0.267 e. The lowest BCUT2D eigenvalue weighted by molar-refractivity contribution is -0.134. The van der Waals surface area contributed by atoms with Gasteiger partial charge in [0.1, 0.15) is 10.9 Å². The van der Waals surface area contributed by atoms with E-state index in [9.17, 15) is 9.59 Å². The van der Waals surface area contributed by atoms with Crippen molar-refractivity contribution >= 4 is 46.7 Å². The zero-order valence-electron chi connectivity index (χ0n) is 11.8. The van der Waals surface area contributed by atoms with Crippen LogP contribution in [0, 0.1) is 6.92 Å². The second-order valence-electron chi connectivity index (χ2n) is 5.00. The van der Waals surface area contributed by atoms with Crippen molar-refractivity contribution in [2.45, 2.75) is 13.0 Å². The van der Waals surface area contributed by atoms with Crippen molar-refractivity contribution in [2.75, 3.05) is 36.2 Å². The van der Waals surface area contributed by atoms with Gasteiger partial charge < -0.3 is 9.80 Å². The maximum atomic E-state index is 12.7. The summed E-state index contributed by atoms with van der Waals surface area (Å²) in [7, 11) is 0. The molecule has 0 saturated carbocycles. The molecule has 3 heterocycles. The highest BCUT2D eigenvalue weighted by Crippen LogP contribution is 2.27. The molecular weight excluding hydrogens is 326 g/mol. The van der Waals surface area contributed by atoms with Crippen LogP contribution in [0.15, 0.2) is 5.51 Å². The minimum Gasteiger partial charge on any atom is -0.339 e. The number of aryl methyl sites for hydroxylation is 1. The average Bonchev–Trinajstić information content (AvgIpc) is 3.15. The van der Waals surface area contributed by atoms with Crippen molar-refractivity contribution in [1.29, 1.82) is 0 Å². The number of hydrogen-bond acceptors (Lipinski definition) is 6. The van der Waals surface area contributed by atoms with E-state index in [1.165, 1.54) is 11.3 Å². The summed E-state index contributed by atoms with van der Waals surface area (Å²) in [5, 5.41) is 0. The Labute approximate surface area is 136 Å². The fraction of sp³-hybridized carbons (Fsp3) is 0.615. The Kier molecular flexibility index (Phi) is 4.75. The summed E-state index contributed by atoms with van der Waals surface area (Å²) in [6.45, 7) is 3.43. The van der Waals surface area contributed by atoms with Gasteiger partial charge in [-0.3, -0.25) is 9.59 Å². The normalized spacial score (nSPS) is 22.6. The summed E-state index contributed by atoms with van der Waals surface area (Å²) in [5.74, 6) is 3.34. The molecule has 1 unspecified atom stereocenters. The summed E-state index contributed by atoms with van der Waals surface area (Å²) in [4.78, 5) is 33.7. The van der Waals surface area contributed by atoms with E-state index in [-0.39, 0.29) is 17.9 Å². The Bertz CT molecular complexity index is 543. The monoisotopic (exact) mass is 343 g/mol. The smallest absolute Gasteiger partial charge is 0.267 e. The van der Waals surface area contributed by atoms with Gasteiger partial charge in [-0.15, -0.1) is 23.1 Å². The van der Waals surface area contributed by atoms with Gasteiger partial charge in [-0.25, -0.2) is 4.98 Å². The van der Waals surface area contributed by atoms with Gasteiger partial charge in [0.15, 0.2) is 0 Å². The summed E-state index contributed by atoms with van der Waals surface area (Å²) in [5.41, 5.74) is 2.44. The third-order valence-electron chi connectivity index (χ3n) is 3.69. The van der Waals surface area contributed by atoms with E-state index in [1.807, 2.05) is 23.6 Å². The highest BCUT2D eigenvalue weighted by Gasteiger charge is 2.38. The van der Waals surface area contributed by atoms with Crippen LogP contribution >= 0.6 is 34.9 Å². The molecule has 21 heavy (non-hydrogen) atoms. The number of hydrogen-bond donors (Lipinski definition) is 0. The molecule has 5 nitrogen and oxygen atoms in total. The minimum absolute atomic E-state index is 0.0512. The van der Waals surface area contributed by atoms with Gasteiger partial charge in [0.2, 0.25) is 5.91 Å². The van der Waals surface area contributed by atoms with E-state index in [2.05, 4.69) is 4.98 Å². The average molecular weight is 343 g/mol. The molecule has 2 saturated heterocycles. The maximum absolute atomic E-state index is 12.7. The summed E-state index contributed by atoms with van der Waals surface area (Å²) >= 11 is 4.88. The quantitative estimate of drug-likeness (QED) is 0.815. The van der Waals surface area contributed by atoms with E-state index in [0.29, 0.717) is 16.5 Å². The van der Waals surface area contributed by atoms with Crippen LogP contribution in [-0.4, -0.2) is 68.9 Å². The number of carbonyl (C=O) groups excluding carboxylic acids is 2. The first-order valence-corrected chi connectivity index (χ1v) is 10.0. The number of nitrogens with zero attached hydrogens (tertiary/aromatic N) is 3. The van der Waals surface area contributed by atoms with Crippen molar-refractivity contribution in [3.05, 3.63) is 16.1 Å². The van der Waals surface area contributed by atoms with Crippen molar-refractivity contribution in [1.82, 2.24) is 14.8 Å². The van der Waals surface area contributed by atoms with E-state index in [0.717, 1.165) is 30.3 Å². The van der Waals surface area contributed by atoms with Crippen LogP contribution < -0.4 is 0 Å². The molecule has 0 aromatic carbocycles. The predicted octanol–water partition coefficient (Wildman–Crippen LogP) is 1.54. The third-order valence-corrected chi connectivity index (χ3v) is 6.56. The zero-order valence-corrected chi connectivity index (χ0v) is 14.2. The standard InChI is InChI=1S/C13H17N3O2S3/c1-9-11(21-7-14-9)13(18)16-8-20-6-10(16)12(17)15-2-4-19-5-3-15/h7,10H,2-6,8H2,1H3. The fourth-order valence-electron chi connectivity index (χ4n) is 2.48. The molecule has 1 aromatic rings. The molecule has 114 valence electrons. The molecule has 8 heteroatoms. The number of rotatable bonds is 2. The first-order valence-electron chi connectivity index (χ1n) is 6.84. The number of carbonyl (C=O) groups is 2. The van der Waals surface area contributed by atoms with Gasteiger partial charge in [0, 0.05) is 30.3 Å². The Balaban J connectivity index is 1.74. The lowest BCUT2D eigenvalue weighted by Gasteiger charge is -2.31.